The molecule has 1 aliphatic rings. The van der Waals surface area contributed by atoms with Crippen molar-refractivity contribution in [2.24, 2.45) is 0 Å². The first kappa shape index (κ1) is 17.2. The molecule has 1 aromatic rings. The first-order chi connectivity index (χ1) is 11.1. The van der Waals surface area contributed by atoms with Crippen LogP contribution in [0.15, 0.2) is 42.5 Å². The molecular weight excluding hydrogens is 290 g/mol. The van der Waals surface area contributed by atoms with E-state index in [0.29, 0.717) is 12.1 Å². The highest BCUT2D eigenvalue weighted by Crippen LogP contribution is 2.11. The molecule has 1 saturated heterocycles. The van der Waals surface area contributed by atoms with E-state index in [-0.39, 0.29) is 17.9 Å². The van der Waals surface area contributed by atoms with Gasteiger partial charge in [0, 0.05) is 37.3 Å². The van der Waals surface area contributed by atoms with E-state index in [1.807, 2.05) is 48.2 Å². The number of likely N-dealkylation sites (N-methyl/N-ethyl adjacent to an activating group) is 1. The quantitative estimate of drug-likeness (QED) is 0.838. The molecular formula is C18H25N3O2. The van der Waals surface area contributed by atoms with Gasteiger partial charge >= 0.3 is 0 Å². The summed E-state index contributed by atoms with van der Waals surface area (Å²) in [7, 11) is 3.93. The number of benzene rings is 1. The fourth-order valence-corrected chi connectivity index (χ4v) is 2.62. The number of rotatable bonds is 5. The minimum Gasteiger partial charge on any atom is -0.348 e. The highest BCUT2D eigenvalue weighted by Gasteiger charge is 2.23. The molecule has 1 aliphatic heterocycles. The Morgan fingerprint density at radius 3 is 2.74 bits per heavy atom. The molecule has 5 heteroatoms. The Morgan fingerprint density at radius 2 is 2.04 bits per heavy atom. The zero-order valence-corrected chi connectivity index (χ0v) is 13.9. The summed E-state index contributed by atoms with van der Waals surface area (Å²) in [5.41, 5.74) is 0.654. The number of likely N-dealkylation sites (tertiary alicyclic amines) is 1. The van der Waals surface area contributed by atoms with Crippen LogP contribution < -0.4 is 5.32 Å². The van der Waals surface area contributed by atoms with Crippen LogP contribution in [0.2, 0.25) is 0 Å². The van der Waals surface area contributed by atoms with Gasteiger partial charge < -0.3 is 15.1 Å². The lowest BCUT2D eigenvalue weighted by Crippen LogP contribution is -2.49. The lowest BCUT2D eigenvalue weighted by molar-refractivity contribution is -0.127. The van der Waals surface area contributed by atoms with Gasteiger partial charge in [-0.15, -0.1) is 0 Å². The molecule has 0 aromatic heterocycles. The first-order valence-electron chi connectivity index (χ1n) is 8.02. The van der Waals surface area contributed by atoms with E-state index in [0.717, 1.165) is 25.9 Å². The van der Waals surface area contributed by atoms with Crippen molar-refractivity contribution in [3.8, 4) is 0 Å². The molecule has 0 saturated carbocycles. The normalized spacial score (nSPS) is 18.4. The molecule has 2 amide bonds. The van der Waals surface area contributed by atoms with Crippen molar-refractivity contribution in [1.82, 2.24) is 15.1 Å². The van der Waals surface area contributed by atoms with Gasteiger partial charge in [0.2, 0.25) is 5.91 Å². The number of hydrogen-bond donors (Lipinski definition) is 1. The van der Waals surface area contributed by atoms with Gasteiger partial charge in [0.25, 0.3) is 5.91 Å². The number of nitrogens with one attached hydrogen (secondary N) is 1. The monoisotopic (exact) mass is 315 g/mol. The van der Waals surface area contributed by atoms with Crippen LogP contribution in [0.5, 0.6) is 0 Å². The van der Waals surface area contributed by atoms with E-state index in [4.69, 9.17) is 0 Å². The summed E-state index contributed by atoms with van der Waals surface area (Å²) in [6.07, 6.45) is 5.31. The van der Waals surface area contributed by atoms with Crippen LogP contribution in [0.25, 0.3) is 0 Å². The summed E-state index contributed by atoms with van der Waals surface area (Å²) in [6, 6.07) is 9.19. The van der Waals surface area contributed by atoms with Gasteiger partial charge in [-0.3, -0.25) is 9.59 Å². The Morgan fingerprint density at radius 1 is 1.30 bits per heavy atom. The largest absolute Gasteiger partial charge is 0.348 e. The molecule has 1 aromatic carbocycles. The molecule has 0 aliphatic carbocycles. The molecule has 1 N–H and O–H groups in total. The smallest absolute Gasteiger partial charge is 0.251 e. The van der Waals surface area contributed by atoms with E-state index >= 15 is 0 Å². The third-order valence-corrected chi connectivity index (χ3v) is 3.84. The van der Waals surface area contributed by atoms with Crippen molar-refractivity contribution < 1.29 is 9.59 Å². The summed E-state index contributed by atoms with van der Waals surface area (Å²) >= 11 is 0. The van der Waals surface area contributed by atoms with E-state index in [1.165, 1.54) is 0 Å². The molecule has 124 valence electrons. The summed E-state index contributed by atoms with van der Waals surface area (Å²) < 4.78 is 0. The highest BCUT2D eigenvalue weighted by atomic mass is 16.2. The maximum Gasteiger partial charge on any atom is 0.251 e. The lowest BCUT2D eigenvalue weighted by atomic mass is 10.0. The van der Waals surface area contributed by atoms with Crippen LogP contribution in [0.4, 0.5) is 0 Å². The third-order valence-electron chi connectivity index (χ3n) is 3.84. The van der Waals surface area contributed by atoms with E-state index in [9.17, 15) is 9.59 Å². The van der Waals surface area contributed by atoms with Crippen LogP contribution in [0.3, 0.4) is 0 Å². The number of piperidine rings is 1. The Hall–Kier alpha value is -2.14. The van der Waals surface area contributed by atoms with Crippen molar-refractivity contribution in [3.63, 3.8) is 0 Å². The summed E-state index contributed by atoms with van der Waals surface area (Å²) in [4.78, 5) is 28.2. The average molecular weight is 315 g/mol. The molecule has 2 rings (SSSR count). The molecule has 0 bridgehead atoms. The zero-order chi connectivity index (χ0) is 16.7. The van der Waals surface area contributed by atoms with Gasteiger partial charge in [0.1, 0.15) is 0 Å². The first-order valence-corrected chi connectivity index (χ1v) is 8.02. The summed E-state index contributed by atoms with van der Waals surface area (Å²) in [5.74, 6) is -0.0569. The molecule has 0 spiro atoms. The number of hydrogen-bond acceptors (Lipinski definition) is 3. The van der Waals surface area contributed by atoms with Crippen molar-refractivity contribution >= 4 is 11.8 Å². The second kappa shape index (κ2) is 8.48. The molecule has 0 radical (unpaired) electrons. The minimum absolute atomic E-state index is 0.0163. The number of carbonyl (C=O) groups excluding carboxylic acids is 2. The molecule has 5 nitrogen and oxygen atoms in total. The highest BCUT2D eigenvalue weighted by molar-refractivity contribution is 5.94. The van der Waals surface area contributed by atoms with Gasteiger partial charge in [0.05, 0.1) is 0 Å². The van der Waals surface area contributed by atoms with Crippen molar-refractivity contribution in [1.29, 1.82) is 0 Å². The van der Waals surface area contributed by atoms with Crippen molar-refractivity contribution in [2.45, 2.75) is 18.9 Å². The average Bonchev–Trinajstić information content (AvgIpc) is 2.55. The molecule has 1 unspecified atom stereocenters. The standard InChI is InChI=1S/C18H25N3O2/c1-20(2)12-7-11-17(22)21-13-6-10-16(14-21)19-18(23)15-8-4-3-5-9-15/h3-5,7-9,11,16H,6,10,12-14H2,1-2H3,(H,19,23)/b11-7+. The Kier molecular flexibility index (Phi) is 6.35. The lowest BCUT2D eigenvalue weighted by Gasteiger charge is -2.32. The van der Waals surface area contributed by atoms with Crippen LogP contribution in [-0.2, 0) is 4.79 Å². The van der Waals surface area contributed by atoms with Gasteiger partial charge in [0.15, 0.2) is 0 Å². The Bertz CT molecular complexity index is 555. The fraction of sp³-hybridized carbons (Fsp3) is 0.444. The van der Waals surface area contributed by atoms with E-state index < -0.39 is 0 Å². The van der Waals surface area contributed by atoms with Crippen LogP contribution in [0, 0.1) is 0 Å². The Balaban J connectivity index is 1.87. The van der Waals surface area contributed by atoms with Gasteiger partial charge in [-0.2, -0.15) is 0 Å². The topological polar surface area (TPSA) is 52.7 Å². The predicted molar refractivity (Wildman–Crippen MR) is 91.2 cm³/mol. The van der Waals surface area contributed by atoms with Gasteiger partial charge in [-0.05, 0) is 39.1 Å². The van der Waals surface area contributed by atoms with Crippen LogP contribution >= 0.6 is 0 Å². The molecule has 23 heavy (non-hydrogen) atoms. The van der Waals surface area contributed by atoms with Gasteiger partial charge in [-0.1, -0.05) is 24.3 Å². The Labute approximate surface area is 138 Å². The van der Waals surface area contributed by atoms with Crippen molar-refractivity contribution in [2.75, 3.05) is 33.7 Å². The van der Waals surface area contributed by atoms with Crippen LogP contribution in [-0.4, -0.2) is 61.4 Å². The van der Waals surface area contributed by atoms with Crippen molar-refractivity contribution in [3.05, 3.63) is 48.0 Å². The van der Waals surface area contributed by atoms with E-state index in [2.05, 4.69) is 5.32 Å². The molecule has 1 atom stereocenters. The minimum atomic E-state index is -0.0759. The maximum absolute atomic E-state index is 12.2. The van der Waals surface area contributed by atoms with Gasteiger partial charge in [-0.25, -0.2) is 0 Å². The summed E-state index contributed by atoms with van der Waals surface area (Å²) in [5, 5.41) is 3.03. The number of nitrogens with zero attached hydrogens (tertiary/aromatic N) is 2. The second-order valence-electron chi connectivity index (χ2n) is 6.13. The van der Waals surface area contributed by atoms with E-state index in [1.54, 1.807) is 18.2 Å². The molecule has 1 heterocycles. The molecule has 1 fully saturated rings. The summed E-state index contributed by atoms with van der Waals surface area (Å²) in [6.45, 7) is 2.07. The second-order valence-corrected chi connectivity index (χ2v) is 6.13. The third kappa shape index (κ3) is 5.53. The SMILES string of the molecule is CN(C)C/C=C/C(=O)N1CCCC(NC(=O)c2ccccc2)C1. The number of carbonyl (C=O) groups is 2. The zero-order valence-electron chi connectivity index (χ0n) is 13.9. The number of amides is 2. The maximum atomic E-state index is 12.2. The van der Waals surface area contributed by atoms with Crippen LogP contribution in [0.1, 0.15) is 23.2 Å². The fourth-order valence-electron chi connectivity index (χ4n) is 2.62. The predicted octanol–water partition coefficient (Wildman–Crippen LogP) is 1.53.